The molecule has 0 fully saturated rings. The van der Waals surface area contributed by atoms with Gasteiger partial charge in [0, 0.05) is 18.9 Å². The lowest BCUT2D eigenvalue weighted by atomic mass is 10.1. The van der Waals surface area contributed by atoms with Gasteiger partial charge in [0.15, 0.2) is 0 Å². The topological polar surface area (TPSA) is 96.5 Å². The van der Waals surface area contributed by atoms with Crippen molar-refractivity contribution in [3.8, 4) is 0 Å². The molecule has 0 saturated carbocycles. The fraction of sp³-hybridized carbons (Fsp3) is 0.133. The largest absolute Gasteiger partial charge is 0.478 e. The van der Waals surface area contributed by atoms with E-state index in [4.69, 9.17) is 5.73 Å². The third kappa shape index (κ3) is 2.84. The number of benzene rings is 1. The predicted molar refractivity (Wildman–Crippen MR) is 79.5 cm³/mol. The summed E-state index contributed by atoms with van der Waals surface area (Å²) in [5.74, 6) is -1.52. The Morgan fingerprint density at radius 3 is 2.62 bits per heavy atom. The van der Waals surface area contributed by atoms with E-state index in [2.05, 4.69) is 4.98 Å². The van der Waals surface area contributed by atoms with E-state index in [1.807, 2.05) is 0 Å². The molecule has 1 aromatic carbocycles. The third-order valence-corrected chi connectivity index (χ3v) is 3.13. The molecule has 0 aliphatic carbocycles. The zero-order chi connectivity index (χ0) is 15.6. The highest BCUT2D eigenvalue weighted by Gasteiger charge is 2.21. The van der Waals surface area contributed by atoms with Crippen LogP contribution in [-0.4, -0.2) is 29.0 Å². The molecule has 2 rings (SSSR count). The van der Waals surface area contributed by atoms with Gasteiger partial charge in [-0.15, -0.1) is 0 Å². The molecule has 2 aromatic rings. The lowest BCUT2D eigenvalue weighted by Gasteiger charge is -2.20. The number of aryl methyl sites for hydroxylation is 1. The molecule has 0 aliphatic rings. The van der Waals surface area contributed by atoms with E-state index in [9.17, 15) is 14.7 Å². The number of nitrogen functional groups attached to an aromatic ring is 1. The Hall–Kier alpha value is -2.89. The van der Waals surface area contributed by atoms with Crippen LogP contribution in [0.5, 0.6) is 0 Å². The SMILES string of the molecule is Cc1cccnc1C(=O)N(C)c1ccc(N)cc1C(=O)O. The average Bonchev–Trinajstić information content (AvgIpc) is 2.46. The molecular weight excluding hydrogens is 270 g/mol. The van der Waals surface area contributed by atoms with E-state index in [0.29, 0.717) is 5.69 Å². The number of pyridine rings is 1. The number of nitrogens with two attached hydrogens (primary N) is 1. The molecule has 1 aromatic heterocycles. The molecule has 108 valence electrons. The number of hydrogen-bond acceptors (Lipinski definition) is 4. The number of anilines is 2. The van der Waals surface area contributed by atoms with Crippen LogP contribution in [0.3, 0.4) is 0 Å². The van der Waals surface area contributed by atoms with E-state index in [0.717, 1.165) is 5.56 Å². The summed E-state index contributed by atoms with van der Waals surface area (Å²) < 4.78 is 0. The minimum Gasteiger partial charge on any atom is -0.478 e. The zero-order valence-corrected chi connectivity index (χ0v) is 11.7. The van der Waals surface area contributed by atoms with Crippen LogP contribution in [0.1, 0.15) is 26.4 Å². The molecule has 3 N–H and O–H groups in total. The van der Waals surface area contributed by atoms with Gasteiger partial charge in [-0.2, -0.15) is 0 Å². The van der Waals surface area contributed by atoms with E-state index in [-0.39, 0.29) is 22.9 Å². The predicted octanol–water partition coefficient (Wildman–Crippen LogP) is 1.95. The van der Waals surface area contributed by atoms with Gasteiger partial charge in [-0.25, -0.2) is 4.79 Å². The standard InChI is InChI=1S/C15H15N3O3/c1-9-4-3-7-17-13(9)14(19)18(2)12-6-5-10(16)8-11(12)15(20)21/h3-8H,16H2,1-2H3,(H,20,21). The fourth-order valence-electron chi connectivity index (χ4n) is 2.00. The van der Waals surface area contributed by atoms with Crippen LogP contribution in [0.25, 0.3) is 0 Å². The normalized spacial score (nSPS) is 10.2. The minimum absolute atomic E-state index is 0.0283. The Balaban J connectivity index is 2.45. The first-order valence-electron chi connectivity index (χ1n) is 6.24. The van der Waals surface area contributed by atoms with E-state index < -0.39 is 5.97 Å². The van der Waals surface area contributed by atoms with Crippen molar-refractivity contribution in [3.63, 3.8) is 0 Å². The van der Waals surface area contributed by atoms with Crippen molar-refractivity contribution >= 4 is 23.3 Å². The van der Waals surface area contributed by atoms with Crippen molar-refractivity contribution in [2.45, 2.75) is 6.92 Å². The number of carboxylic acid groups (broad SMARTS) is 1. The smallest absolute Gasteiger partial charge is 0.337 e. The highest BCUT2D eigenvalue weighted by molar-refractivity contribution is 6.09. The first-order chi connectivity index (χ1) is 9.91. The number of rotatable bonds is 3. The van der Waals surface area contributed by atoms with Gasteiger partial charge >= 0.3 is 5.97 Å². The summed E-state index contributed by atoms with van der Waals surface area (Å²) >= 11 is 0. The lowest BCUT2D eigenvalue weighted by Crippen LogP contribution is -2.29. The van der Waals surface area contributed by atoms with Crippen molar-refractivity contribution in [1.29, 1.82) is 0 Å². The number of carboxylic acids is 1. The van der Waals surface area contributed by atoms with Gasteiger partial charge in [-0.1, -0.05) is 6.07 Å². The van der Waals surface area contributed by atoms with Crippen LogP contribution in [0.2, 0.25) is 0 Å². The number of carbonyl (C=O) groups is 2. The second kappa shape index (κ2) is 5.62. The van der Waals surface area contributed by atoms with Crippen LogP contribution in [-0.2, 0) is 0 Å². The first-order valence-corrected chi connectivity index (χ1v) is 6.24. The summed E-state index contributed by atoms with van der Waals surface area (Å²) in [5.41, 5.74) is 7.17. The molecule has 0 aliphatic heterocycles. The molecule has 21 heavy (non-hydrogen) atoms. The van der Waals surface area contributed by atoms with Crippen LogP contribution >= 0.6 is 0 Å². The van der Waals surface area contributed by atoms with Gasteiger partial charge in [0.1, 0.15) is 5.69 Å². The Morgan fingerprint density at radius 1 is 1.29 bits per heavy atom. The van der Waals surface area contributed by atoms with Crippen molar-refractivity contribution in [2.75, 3.05) is 17.7 Å². The zero-order valence-electron chi connectivity index (χ0n) is 11.7. The third-order valence-electron chi connectivity index (χ3n) is 3.13. The van der Waals surface area contributed by atoms with Crippen molar-refractivity contribution < 1.29 is 14.7 Å². The molecular formula is C15H15N3O3. The van der Waals surface area contributed by atoms with E-state index >= 15 is 0 Å². The first kappa shape index (κ1) is 14.5. The van der Waals surface area contributed by atoms with Crippen molar-refractivity contribution in [3.05, 3.63) is 53.3 Å². The maximum Gasteiger partial charge on any atom is 0.337 e. The average molecular weight is 285 g/mol. The quantitative estimate of drug-likeness (QED) is 0.840. The molecule has 1 heterocycles. The number of hydrogen-bond donors (Lipinski definition) is 2. The van der Waals surface area contributed by atoms with Crippen LogP contribution in [0, 0.1) is 6.92 Å². The second-order valence-corrected chi connectivity index (χ2v) is 4.61. The second-order valence-electron chi connectivity index (χ2n) is 4.61. The number of amides is 1. The van der Waals surface area contributed by atoms with Crippen LogP contribution in [0.4, 0.5) is 11.4 Å². The molecule has 0 atom stereocenters. The van der Waals surface area contributed by atoms with Gasteiger partial charge in [0.05, 0.1) is 11.3 Å². The minimum atomic E-state index is -1.14. The Kier molecular flexibility index (Phi) is 3.89. The highest BCUT2D eigenvalue weighted by atomic mass is 16.4. The van der Waals surface area contributed by atoms with Gasteiger partial charge in [0.25, 0.3) is 5.91 Å². The summed E-state index contributed by atoms with van der Waals surface area (Å²) in [6.45, 7) is 1.77. The van der Waals surface area contributed by atoms with Gasteiger partial charge in [0.2, 0.25) is 0 Å². The Morgan fingerprint density at radius 2 is 2.00 bits per heavy atom. The van der Waals surface area contributed by atoms with Crippen molar-refractivity contribution in [2.24, 2.45) is 0 Å². The Bertz CT molecular complexity index is 713. The summed E-state index contributed by atoms with van der Waals surface area (Å²) in [6.07, 6.45) is 1.52. The van der Waals surface area contributed by atoms with E-state index in [1.54, 1.807) is 25.1 Å². The van der Waals surface area contributed by atoms with E-state index in [1.165, 1.54) is 30.3 Å². The monoisotopic (exact) mass is 285 g/mol. The molecule has 6 nitrogen and oxygen atoms in total. The maximum atomic E-state index is 12.5. The van der Waals surface area contributed by atoms with Crippen LogP contribution < -0.4 is 10.6 Å². The maximum absolute atomic E-state index is 12.5. The Labute approximate surface area is 121 Å². The number of carbonyl (C=O) groups excluding carboxylic acids is 1. The molecule has 0 bridgehead atoms. The van der Waals surface area contributed by atoms with Gasteiger partial charge in [-0.3, -0.25) is 9.78 Å². The number of nitrogens with zero attached hydrogens (tertiary/aromatic N) is 2. The number of aromatic nitrogens is 1. The summed E-state index contributed by atoms with van der Waals surface area (Å²) in [7, 11) is 1.51. The van der Waals surface area contributed by atoms with Gasteiger partial charge in [-0.05, 0) is 36.8 Å². The molecule has 0 unspecified atom stereocenters. The van der Waals surface area contributed by atoms with Gasteiger partial charge < -0.3 is 15.7 Å². The fourth-order valence-corrected chi connectivity index (χ4v) is 2.00. The molecule has 6 heteroatoms. The molecule has 1 amide bonds. The molecule has 0 radical (unpaired) electrons. The highest BCUT2D eigenvalue weighted by Crippen LogP contribution is 2.24. The van der Waals surface area contributed by atoms with Crippen molar-refractivity contribution in [1.82, 2.24) is 4.98 Å². The molecule has 0 saturated heterocycles. The number of aromatic carboxylic acids is 1. The summed E-state index contributed by atoms with van der Waals surface area (Å²) in [6, 6.07) is 7.89. The lowest BCUT2D eigenvalue weighted by molar-refractivity contribution is 0.0698. The summed E-state index contributed by atoms with van der Waals surface area (Å²) in [5, 5.41) is 9.24. The van der Waals surface area contributed by atoms with Crippen LogP contribution in [0.15, 0.2) is 36.5 Å². The molecule has 0 spiro atoms. The summed E-state index contributed by atoms with van der Waals surface area (Å²) in [4.78, 5) is 29.1.